The molecule has 0 aliphatic heterocycles. The zero-order chi connectivity index (χ0) is 12.4. The fraction of sp³-hybridized carbons (Fsp3) is 0.0909. The van der Waals surface area contributed by atoms with Gasteiger partial charge in [0.05, 0.1) is 12.8 Å². The molecule has 88 valence electrons. The molecule has 0 saturated heterocycles. The lowest BCUT2D eigenvalue weighted by atomic mass is 10.1. The van der Waals surface area contributed by atoms with E-state index in [1.807, 2.05) is 0 Å². The van der Waals surface area contributed by atoms with Gasteiger partial charge in [0, 0.05) is 23.4 Å². The number of nitrogen functional groups attached to an aromatic ring is 1. The van der Waals surface area contributed by atoms with Crippen molar-refractivity contribution < 1.29 is 4.74 Å². The number of benzene rings is 1. The van der Waals surface area contributed by atoms with E-state index in [4.69, 9.17) is 10.5 Å². The zero-order valence-corrected chi connectivity index (χ0v) is 9.11. The number of aromatic nitrogens is 2. The average molecular weight is 233 g/mol. The molecule has 0 unspecified atom stereocenters. The van der Waals surface area contributed by atoms with Gasteiger partial charge in [-0.1, -0.05) is 0 Å². The van der Waals surface area contributed by atoms with E-state index in [0.29, 0.717) is 22.7 Å². The maximum Gasteiger partial charge on any atom is 0.326 e. The molecule has 0 amide bonds. The van der Waals surface area contributed by atoms with Crippen molar-refractivity contribution in [3.63, 3.8) is 0 Å². The Morgan fingerprint density at radius 1 is 1.18 bits per heavy atom. The third-order valence-electron chi connectivity index (χ3n) is 2.31. The van der Waals surface area contributed by atoms with Crippen molar-refractivity contribution in [3.8, 4) is 17.0 Å². The summed E-state index contributed by atoms with van der Waals surface area (Å²) < 4.78 is 5.01. The van der Waals surface area contributed by atoms with Crippen LogP contribution in [0.2, 0.25) is 0 Å². The second-order valence-electron chi connectivity index (χ2n) is 3.45. The standard InChI is InChI=1S/C11H11N3O3/c1-17-6-2-3-7(8(12)4-6)9-5-10(15)14-11(16)13-9/h2-5H,12H2,1H3,(H2,13,14,15,16). The van der Waals surface area contributed by atoms with Crippen molar-refractivity contribution in [3.05, 3.63) is 45.1 Å². The highest BCUT2D eigenvalue weighted by molar-refractivity contribution is 5.74. The van der Waals surface area contributed by atoms with Gasteiger partial charge < -0.3 is 15.5 Å². The van der Waals surface area contributed by atoms with Gasteiger partial charge in [-0.3, -0.25) is 9.78 Å². The molecule has 0 atom stereocenters. The summed E-state index contributed by atoms with van der Waals surface area (Å²) in [5.74, 6) is 0.610. The largest absolute Gasteiger partial charge is 0.497 e. The molecule has 0 radical (unpaired) electrons. The Hall–Kier alpha value is -2.50. The van der Waals surface area contributed by atoms with E-state index in [-0.39, 0.29) is 0 Å². The van der Waals surface area contributed by atoms with E-state index in [2.05, 4.69) is 9.97 Å². The molecule has 4 N–H and O–H groups in total. The normalized spacial score (nSPS) is 10.2. The van der Waals surface area contributed by atoms with E-state index >= 15 is 0 Å². The van der Waals surface area contributed by atoms with E-state index in [0.717, 1.165) is 0 Å². The Morgan fingerprint density at radius 2 is 1.94 bits per heavy atom. The van der Waals surface area contributed by atoms with Crippen LogP contribution in [0.1, 0.15) is 0 Å². The molecule has 1 aromatic carbocycles. The molecule has 2 rings (SSSR count). The van der Waals surface area contributed by atoms with Crippen molar-refractivity contribution in [2.24, 2.45) is 0 Å². The zero-order valence-electron chi connectivity index (χ0n) is 9.11. The van der Waals surface area contributed by atoms with Gasteiger partial charge in [0.25, 0.3) is 5.56 Å². The molecule has 0 aliphatic rings. The van der Waals surface area contributed by atoms with Gasteiger partial charge in [-0.15, -0.1) is 0 Å². The van der Waals surface area contributed by atoms with Gasteiger partial charge in [-0.25, -0.2) is 4.79 Å². The molecule has 17 heavy (non-hydrogen) atoms. The maximum atomic E-state index is 11.2. The van der Waals surface area contributed by atoms with Gasteiger partial charge in [0.2, 0.25) is 0 Å². The summed E-state index contributed by atoms with van der Waals surface area (Å²) in [4.78, 5) is 26.9. The molecular weight excluding hydrogens is 222 g/mol. The minimum atomic E-state index is -0.567. The SMILES string of the molecule is COc1ccc(-c2cc(=O)[nH]c(=O)[nH]2)c(N)c1. The van der Waals surface area contributed by atoms with Crippen LogP contribution in [0.25, 0.3) is 11.3 Å². The lowest BCUT2D eigenvalue weighted by Crippen LogP contribution is -2.21. The fourth-order valence-electron chi connectivity index (χ4n) is 1.53. The Kier molecular flexibility index (Phi) is 2.70. The molecule has 2 aromatic rings. The summed E-state index contributed by atoms with van der Waals surface area (Å²) in [6, 6.07) is 6.28. The number of ether oxygens (including phenoxy) is 1. The third-order valence-corrected chi connectivity index (χ3v) is 2.31. The summed E-state index contributed by atoms with van der Waals surface area (Å²) in [5.41, 5.74) is 6.15. The lowest BCUT2D eigenvalue weighted by Gasteiger charge is -2.07. The van der Waals surface area contributed by atoms with Crippen molar-refractivity contribution in [1.82, 2.24) is 9.97 Å². The highest BCUT2D eigenvalue weighted by Gasteiger charge is 2.06. The van der Waals surface area contributed by atoms with Gasteiger partial charge in [-0.2, -0.15) is 0 Å². The predicted octanol–water partition coefficient (Wildman–Crippen LogP) is 0.321. The summed E-state index contributed by atoms with van der Waals surface area (Å²) >= 11 is 0. The second kappa shape index (κ2) is 4.17. The maximum absolute atomic E-state index is 11.2. The van der Waals surface area contributed by atoms with E-state index < -0.39 is 11.2 Å². The van der Waals surface area contributed by atoms with Gasteiger partial charge in [-0.05, 0) is 12.1 Å². The molecule has 6 heteroatoms. The first-order chi connectivity index (χ1) is 8.10. The first-order valence-corrected chi connectivity index (χ1v) is 4.87. The van der Waals surface area contributed by atoms with Gasteiger partial charge in [0.1, 0.15) is 5.75 Å². The van der Waals surface area contributed by atoms with Crippen LogP contribution in [0.5, 0.6) is 5.75 Å². The number of anilines is 1. The molecule has 0 saturated carbocycles. The molecular formula is C11H11N3O3. The first-order valence-electron chi connectivity index (χ1n) is 4.87. The Morgan fingerprint density at radius 3 is 2.53 bits per heavy atom. The van der Waals surface area contributed by atoms with Crippen molar-refractivity contribution in [1.29, 1.82) is 0 Å². The number of hydrogen-bond donors (Lipinski definition) is 3. The Labute approximate surface area is 96.1 Å². The number of nitrogens with one attached hydrogen (secondary N) is 2. The smallest absolute Gasteiger partial charge is 0.326 e. The van der Waals surface area contributed by atoms with E-state index in [9.17, 15) is 9.59 Å². The van der Waals surface area contributed by atoms with Crippen LogP contribution in [-0.4, -0.2) is 17.1 Å². The highest BCUT2D eigenvalue weighted by Crippen LogP contribution is 2.26. The van der Waals surface area contributed by atoms with E-state index in [1.54, 1.807) is 18.2 Å². The number of nitrogens with two attached hydrogens (primary N) is 1. The Bertz CT molecular complexity index is 629. The van der Waals surface area contributed by atoms with Crippen LogP contribution in [0.3, 0.4) is 0 Å². The number of H-pyrrole nitrogens is 2. The Balaban J connectivity index is 2.60. The lowest BCUT2D eigenvalue weighted by molar-refractivity contribution is 0.415. The molecule has 1 aromatic heterocycles. The van der Waals surface area contributed by atoms with Crippen LogP contribution >= 0.6 is 0 Å². The van der Waals surface area contributed by atoms with Gasteiger partial charge in [0.15, 0.2) is 0 Å². The topological polar surface area (TPSA) is 101 Å². The monoisotopic (exact) mass is 233 g/mol. The molecule has 0 fully saturated rings. The second-order valence-corrected chi connectivity index (χ2v) is 3.45. The molecule has 0 bridgehead atoms. The molecule has 1 heterocycles. The molecule has 0 spiro atoms. The molecule has 6 nitrogen and oxygen atoms in total. The number of hydrogen-bond acceptors (Lipinski definition) is 4. The summed E-state index contributed by atoms with van der Waals surface area (Å²) in [6.07, 6.45) is 0. The van der Waals surface area contributed by atoms with Crippen LogP contribution in [0, 0.1) is 0 Å². The fourth-order valence-corrected chi connectivity index (χ4v) is 1.53. The number of aromatic amines is 2. The van der Waals surface area contributed by atoms with Gasteiger partial charge >= 0.3 is 5.69 Å². The predicted molar refractivity (Wildman–Crippen MR) is 64.1 cm³/mol. The summed E-state index contributed by atoms with van der Waals surface area (Å²) in [7, 11) is 1.53. The summed E-state index contributed by atoms with van der Waals surface area (Å²) in [6.45, 7) is 0. The third kappa shape index (κ3) is 2.20. The van der Waals surface area contributed by atoms with Crippen molar-refractivity contribution >= 4 is 5.69 Å². The van der Waals surface area contributed by atoms with Crippen LogP contribution in [0.4, 0.5) is 5.69 Å². The molecule has 0 aliphatic carbocycles. The average Bonchev–Trinajstić information content (AvgIpc) is 2.27. The van der Waals surface area contributed by atoms with Crippen molar-refractivity contribution in [2.75, 3.05) is 12.8 Å². The van der Waals surface area contributed by atoms with Crippen LogP contribution in [0.15, 0.2) is 33.9 Å². The van der Waals surface area contributed by atoms with Crippen LogP contribution < -0.4 is 21.7 Å². The minimum Gasteiger partial charge on any atom is -0.497 e. The minimum absolute atomic E-state index is 0.374. The first kappa shape index (κ1) is 11.0. The summed E-state index contributed by atoms with van der Waals surface area (Å²) in [5, 5.41) is 0. The highest BCUT2D eigenvalue weighted by atomic mass is 16.5. The number of methoxy groups -OCH3 is 1. The van der Waals surface area contributed by atoms with E-state index in [1.165, 1.54) is 13.2 Å². The number of rotatable bonds is 2. The quantitative estimate of drug-likeness (QED) is 0.650. The van der Waals surface area contributed by atoms with Crippen LogP contribution in [-0.2, 0) is 0 Å². The van der Waals surface area contributed by atoms with Crippen molar-refractivity contribution in [2.45, 2.75) is 0 Å².